The Labute approximate surface area is 70.8 Å². The van der Waals surface area contributed by atoms with Crippen molar-refractivity contribution < 1.29 is 21.7 Å². The van der Waals surface area contributed by atoms with Crippen molar-refractivity contribution in [3.8, 4) is 0 Å². The predicted molar refractivity (Wildman–Crippen MR) is 40.0 cm³/mol. The number of ether oxygens (including phenoxy) is 1. The molecular weight excluding hydrogens is 187 g/mol. The molecule has 0 N–H and O–H groups in total. The third-order valence-electron chi connectivity index (χ3n) is 1.53. The highest BCUT2D eigenvalue weighted by atomic mass is 32.2. The molecule has 72 valence electrons. The molecule has 0 spiro atoms. The Kier molecular flexibility index (Phi) is 3.03. The van der Waals surface area contributed by atoms with Gasteiger partial charge in [-0.1, -0.05) is 0 Å². The number of rotatable bonds is 2. The summed E-state index contributed by atoms with van der Waals surface area (Å²) in [5.74, 6) is 0. The number of hydrogen-bond acceptors (Lipinski definition) is 4. The molecule has 1 unspecified atom stereocenters. The second kappa shape index (κ2) is 3.68. The van der Waals surface area contributed by atoms with Crippen LogP contribution in [0.15, 0.2) is 0 Å². The van der Waals surface area contributed by atoms with Crippen LogP contribution in [0.2, 0.25) is 0 Å². The van der Waals surface area contributed by atoms with Crippen molar-refractivity contribution in [1.29, 1.82) is 0 Å². The summed E-state index contributed by atoms with van der Waals surface area (Å²) in [6.45, 7) is 0.265. The van der Waals surface area contributed by atoms with Gasteiger partial charge in [0.25, 0.3) is 10.1 Å². The zero-order chi connectivity index (χ0) is 9.19. The monoisotopic (exact) mass is 198 g/mol. The lowest BCUT2D eigenvalue weighted by atomic mass is 10.1. The van der Waals surface area contributed by atoms with E-state index in [1.54, 1.807) is 0 Å². The van der Waals surface area contributed by atoms with Crippen LogP contribution in [-0.2, 0) is 19.0 Å². The van der Waals surface area contributed by atoms with Crippen molar-refractivity contribution in [1.82, 2.24) is 0 Å². The van der Waals surface area contributed by atoms with Crippen LogP contribution in [-0.4, -0.2) is 40.2 Å². The van der Waals surface area contributed by atoms with Crippen molar-refractivity contribution >= 4 is 10.1 Å². The molecule has 1 saturated heterocycles. The van der Waals surface area contributed by atoms with Gasteiger partial charge in [-0.2, -0.15) is 8.42 Å². The molecule has 1 heterocycles. The molecule has 0 saturated carbocycles. The first-order chi connectivity index (χ1) is 5.49. The summed E-state index contributed by atoms with van der Waals surface area (Å²) in [4.78, 5) is 0. The zero-order valence-corrected chi connectivity index (χ0v) is 7.51. The summed E-state index contributed by atoms with van der Waals surface area (Å²) in [6, 6.07) is 0. The zero-order valence-electron chi connectivity index (χ0n) is 6.70. The fourth-order valence-electron chi connectivity index (χ4n) is 1.02. The van der Waals surface area contributed by atoms with Crippen LogP contribution in [0.3, 0.4) is 0 Å². The van der Waals surface area contributed by atoms with Crippen molar-refractivity contribution in [2.75, 3.05) is 19.5 Å². The topological polar surface area (TPSA) is 52.6 Å². The normalized spacial score (nSPS) is 31.8. The molecule has 1 rings (SSSR count). The predicted octanol–water partition coefficient (Wildman–Crippen LogP) is 0.0896. The van der Waals surface area contributed by atoms with Crippen LogP contribution in [0, 0.1) is 0 Å². The maximum atomic E-state index is 12.9. The van der Waals surface area contributed by atoms with Gasteiger partial charge in [-0.15, -0.1) is 0 Å². The number of alkyl halides is 1. The van der Waals surface area contributed by atoms with E-state index in [0.29, 0.717) is 6.61 Å². The van der Waals surface area contributed by atoms with Crippen LogP contribution in [0.25, 0.3) is 0 Å². The summed E-state index contributed by atoms with van der Waals surface area (Å²) in [6.07, 6.45) is -1.01. The van der Waals surface area contributed by atoms with Gasteiger partial charge in [0.05, 0.1) is 12.9 Å². The Morgan fingerprint density at radius 2 is 2.25 bits per heavy atom. The highest BCUT2D eigenvalue weighted by molar-refractivity contribution is 7.86. The summed E-state index contributed by atoms with van der Waals surface area (Å²) in [7, 11) is -3.55. The van der Waals surface area contributed by atoms with Gasteiger partial charge in [0.15, 0.2) is 6.17 Å². The van der Waals surface area contributed by atoms with Crippen molar-refractivity contribution in [2.24, 2.45) is 0 Å². The van der Waals surface area contributed by atoms with Crippen molar-refractivity contribution in [3.05, 3.63) is 0 Å². The molecule has 0 radical (unpaired) electrons. The molecule has 12 heavy (non-hydrogen) atoms. The Morgan fingerprint density at radius 1 is 1.58 bits per heavy atom. The Hall–Kier alpha value is -0.200. The largest absolute Gasteiger partial charge is 0.378 e. The second-order valence-electron chi connectivity index (χ2n) is 2.72. The Balaban J connectivity index is 2.50. The molecule has 0 amide bonds. The van der Waals surface area contributed by atoms with Gasteiger partial charge in [-0.05, 0) is 0 Å². The third-order valence-corrected chi connectivity index (χ3v) is 2.12. The highest BCUT2D eigenvalue weighted by Gasteiger charge is 2.29. The van der Waals surface area contributed by atoms with Gasteiger partial charge in [-0.3, -0.25) is 4.18 Å². The van der Waals surface area contributed by atoms with Crippen LogP contribution in [0.4, 0.5) is 4.39 Å². The molecule has 1 aliphatic heterocycles. The smallest absolute Gasteiger partial charge is 0.264 e. The van der Waals surface area contributed by atoms with Crippen LogP contribution in [0.5, 0.6) is 0 Å². The second-order valence-corrected chi connectivity index (χ2v) is 4.32. The average Bonchev–Trinajstić information content (AvgIpc) is 1.91. The van der Waals surface area contributed by atoms with E-state index in [2.05, 4.69) is 4.18 Å². The summed E-state index contributed by atoms with van der Waals surface area (Å²) < 4.78 is 43.4. The van der Waals surface area contributed by atoms with Gasteiger partial charge in [0.1, 0.15) is 6.10 Å². The molecule has 0 aromatic carbocycles. The van der Waals surface area contributed by atoms with E-state index in [-0.39, 0.29) is 13.0 Å². The fourth-order valence-corrected chi connectivity index (χ4v) is 1.68. The fraction of sp³-hybridized carbons (Fsp3) is 1.00. The minimum atomic E-state index is -3.55. The van der Waals surface area contributed by atoms with E-state index in [1.807, 2.05) is 0 Å². The summed E-state index contributed by atoms with van der Waals surface area (Å²) in [5.41, 5.74) is 0. The van der Waals surface area contributed by atoms with Gasteiger partial charge in [0, 0.05) is 13.0 Å². The molecule has 0 bridgehead atoms. The van der Waals surface area contributed by atoms with E-state index in [0.717, 1.165) is 6.26 Å². The first kappa shape index (κ1) is 9.88. The number of halogens is 1. The van der Waals surface area contributed by atoms with E-state index >= 15 is 0 Å². The maximum absolute atomic E-state index is 12.9. The molecule has 6 heteroatoms. The van der Waals surface area contributed by atoms with E-state index in [4.69, 9.17) is 4.74 Å². The van der Waals surface area contributed by atoms with Crippen LogP contribution >= 0.6 is 0 Å². The molecule has 0 aromatic rings. The lowest BCUT2D eigenvalue weighted by Gasteiger charge is -2.24. The molecule has 0 aromatic heterocycles. The molecule has 0 aliphatic carbocycles. The standard InChI is InChI=1S/C6H11FO4S/c1-12(8,9)11-6-2-3-10-4-5(6)7/h5-6H,2-4H2,1H3/t5-,6?/m0/s1. The van der Waals surface area contributed by atoms with Crippen LogP contribution < -0.4 is 0 Å². The van der Waals surface area contributed by atoms with Gasteiger partial charge in [-0.25, -0.2) is 4.39 Å². The van der Waals surface area contributed by atoms with E-state index in [9.17, 15) is 12.8 Å². The highest BCUT2D eigenvalue weighted by Crippen LogP contribution is 2.16. The number of hydrogen-bond donors (Lipinski definition) is 0. The molecule has 2 atom stereocenters. The maximum Gasteiger partial charge on any atom is 0.264 e. The quantitative estimate of drug-likeness (QED) is 0.590. The Bertz CT molecular complexity index is 238. The van der Waals surface area contributed by atoms with Crippen molar-refractivity contribution in [3.63, 3.8) is 0 Å². The van der Waals surface area contributed by atoms with E-state index in [1.165, 1.54) is 0 Å². The molecular formula is C6H11FO4S. The Morgan fingerprint density at radius 3 is 2.75 bits per heavy atom. The van der Waals surface area contributed by atoms with Gasteiger partial charge >= 0.3 is 0 Å². The lowest BCUT2D eigenvalue weighted by Crippen LogP contribution is -2.36. The SMILES string of the molecule is CS(=O)(=O)OC1CCOC[C@@H]1F. The third kappa shape index (κ3) is 3.04. The summed E-state index contributed by atoms with van der Waals surface area (Å²) in [5, 5.41) is 0. The van der Waals surface area contributed by atoms with Crippen molar-refractivity contribution in [2.45, 2.75) is 18.7 Å². The first-order valence-corrected chi connectivity index (χ1v) is 5.41. The van der Waals surface area contributed by atoms with E-state index < -0.39 is 22.4 Å². The van der Waals surface area contributed by atoms with Gasteiger partial charge < -0.3 is 4.74 Å². The van der Waals surface area contributed by atoms with Crippen LogP contribution in [0.1, 0.15) is 6.42 Å². The molecule has 4 nitrogen and oxygen atoms in total. The first-order valence-electron chi connectivity index (χ1n) is 3.59. The van der Waals surface area contributed by atoms with Gasteiger partial charge in [0.2, 0.25) is 0 Å². The average molecular weight is 198 g/mol. The minimum Gasteiger partial charge on any atom is -0.378 e. The summed E-state index contributed by atoms with van der Waals surface area (Å²) >= 11 is 0. The molecule has 1 fully saturated rings. The molecule has 1 aliphatic rings. The lowest BCUT2D eigenvalue weighted by molar-refractivity contribution is -0.0355. The minimum absolute atomic E-state index is 0.0831.